The number of hydrogen-bond acceptors (Lipinski definition) is 3. The molecule has 2 unspecified atom stereocenters. The molecule has 2 rings (SSSR count). The van der Waals surface area contributed by atoms with Crippen LogP contribution in [0, 0.1) is 5.41 Å². The molecule has 2 heterocycles. The molecule has 0 aromatic heterocycles. The number of halogens is 1. The van der Waals surface area contributed by atoms with Crippen LogP contribution in [-0.4, -0.2) is 36.6 Å². The van der Waals surface area contributed by atoms with Crippen LogP contribution in [0.5, 0.6) is 0 Å². The van der Waals surface area contributed by atoms with E-state index in [1.165, 1.54) is 0 Å². The van der Waals surface area contributed by atoms with Gasteiger partial charge in [-0.3, -0.25) is 9.59 Å². The molecule has 74 valence electrons. The molecule has 2 aliphatic heterocycles. The molecule has 0 aromatic rings. The lowest BCUT2D eigenvalue weighted by Crippen LogP contribution is -2.39. The van der Waals surface area contributed by atoms with Crippen LogP contribution in [0.4, 0.5) is 0 Å². The number of rotatable bonds is 2. The molecule has 2 fully saturated rings. The first-order valence-electron chi connectivity index (χ1n) is 4.49. The van der Waals surface area contributed by atoms with E-state index in [4.69, 9.17) is 0 Å². The Kier molecular flexibility index (Phi) is 3.24. The van der Waals surface area contributed by atoms with E-state index < -0.39 is 0 Å². The first-order chi connectivity index (χ1) is 5.77. The molecule has 2 aliphatic rings. The number of carbonyl (C=O) groups excluding carboxylic acids is 2. The summed E-state index contributed by atoms with van der Waals surface area (Å²) in [6, 6.07) is 0. The van der Waals surface area contributed by atoms with Crippen molar-refractivity contribution in [2.45, 2.75) is 19.3 Å². The van der Waals surface area contributed by atoms with Gasteiger partial charge >= 0.3 is 0 Å². The second kappa shape index (κ2) is 3.88. The Bertz CT molecular complexity index is 228. The molecule has 0 saturated carbocycles. The second-order valence-electron chi connectivity index (χ2n) is 3.89. The zero-order valence-electron chi connectivity index (χ0n) is 7.49. The van der Waals surface area contributed by atoms with Gasteiger partial charge in [0.25, 0.3) is 0 Å². The van der Waals surface area contributed by atoms with Crippen molar-refractivity contribution in [2.24, 2.45) is 5.41 Å². The first-order valence-corrected chi connectivity index (χ1v) is 4.49. The number of Topliss-reactive ketones (excluding diaryl/α,β-unsaturated/α-hetero) is 1. The molecule has 2 bridgehead atoms. The molecule has 0 spiro atoms. The Hall–Kier alpha value is -0.220. The summed E-state index contributed by atoms with van der Waals surface area (Å²) in [5.74, 6) is -0.176. The second-order valence-corrected chi connectivity index (χ2v) is 3.89. The van der Waals surface area contributed by atoms with Crippen molar-refractivity contribution >= 4 is 29.1 Å². The van der Waals surface area contributed by atoms with Gasteiger partial charge in [0, 0.05) is 6.54 Å². The van der Waals surface area contributed by atoms with E-state index in [1.54, 1.807) is 0 Å². The fraction of sp³-hybridized carbons (Fsp3) is 0.778. The van der Waals surface area contributed by atoms with Crippen LogP contribution in [0.15, 0.2) is 0 Å². The van der Waals surface area contributed by atoms with Gasteiger partial charge in [-0.15, -0.1) is 17.0 Å². The Labute approximate surface area is 88.2 Å². The summed E-state index contributed by atoms with van der Waals surface area (Å²) < 4.78 is 0. The number of aldehydes is 1. The van der Waals surface area contributed by atoms with Gasteiger partial charge in [-0.1, -0.05) is 0 Å². The van der Waals surface area contributed by atoms with Gasteiger partial charge in [0.05, 0.1) is 5.41 Å². The molecule has 2 saturated heterocycles. The van der Waals surface area contributed by atoms with Gasteiger partial charge in [0.15, 0.2) is 6.29 Å². The van der Waals surface area contributed by atoms with Gasteiger partial charge in [-0.25, -0.2) is 0 Å². The van der Waals surface area contributed by atoms with E-state index in [1.807, 2.05) is 0 Å². The van der Waals surface area contributed by atoms with Crippen molar-refractivity contribution in [1.29, 1.82) is 0 Å². The van der Waals surface area contributed by atoms with E-state index in [9.17, 15) is 9.59 Å². The van der Waals surface area contributed by atoms with E-state index in [0.717, 1.165) is 38.9 Å². The summed E-state index contributed by atoms with van der Waals surface area (Å²) in [4.78, 5) is 24.1. The van der Waals surface area contributed by atoms with Crippen LogP contribution in [-0.2, 0) is 9.59 Å². The summed E-state index contributed by atoms with van der Waals surface area (Å²) in [6.07, 6.45) is 3.39. The van der Waals surface area contributed by atoms with Crippen molar-refractivity contribution in [3.05, 3.63) is 0 Å². The third-order valence-electron chi connectivity index (χ3n) is 3.19. The molecule has 4 heteroatoms. The highest BCUT2D eigenvalue weighted by atomic mass is 79.9. The highest BCUT2D eigenvalue weighted by Crippen LogP contribution is 2.39. The first kappa shape index (κ1) is 10.9. The van der Waals surface area contributed by atoms with Crippen molar-refractivity contribution in [2.75, 3.05) is 19.6 Å². The summed E-state index contributed by atoms with van der Waals surface area (Å²) in [7, 11) is 0. The van der Waals surface area contributed by atoms with Crippen LogP contribution in [0.3, 0.4) is 0 Å². The molecular formula is C9H14BrNO2. The molecule has 0 amide bonds. The maximum atomic E-state index is 11.4. The predicted octanol–water partition coefficient (Wildman–Crippen LogP) is 0.818. The molecule has 0 aliphatic carbocycles. The number of hydrogen-bond donors (Lipinski definition) is 0. The average Bonchev–Trinajstić information content (AvgIpc) is 2.42. The van der Waals surface area contributed by atoms with Crippen molar-refractivity contribution in [1.82, 2.24) is 4.90 Å². The zero-order valence-corrected chi connectivity index (χ0v) is 9.21. The lowest BCUT2D eigenvalue weighted by atomic mass is 9.78. The standard InChI is InChI=1S/C9H13NO2.BrH/c11-6-8(12)9-2-1-4-10(7-9)5-3-9;/h6H,1-5,7H2;1H. The van der Waals surface area contributed by atoms with Crippen molar-refractivity contribution in [3.8, 4) is 0 Å². The molecule has 3 nitrogen and oxygen atoms in total. The Balaban J connectivity index is 0.000000845. The lowest BCUT2D eigenvalue weighted by Gasteiger charge is -2.30. The largest absolute Gasteiger partial charge is 0.302 e. The van der Waals surface area contributed by atoms with Gasteiger partial charge in [-0.05, 0) is 32.4 Å². The molecule has 0 N–H and O–H groups in total. The highest BCUT2D eigenvalue weighted by Gasteiger charge is 2.45. The average molecular weight is 248 g/mol. The Morgan fingerprint density at radius 2 is 2.08 bits per heavy atom. The van der Waals surface area contributed by atoms with Crippen molar-refractivity contribution < 1.29 is 9.59 Å². The lowest BCUT2D eigenvalue weighted by molar-refractivity contribution is -0.137. The van der Waals surface area contributed by atoms with E-state index in [-0.39, 0.29) is 28.2 Å². The third kappa shape index (κ3) is 1.70. The molecule has 13 heavy (non-hydrogen) atoms. The van der Waals surface area contributed by atoms with Gasteiger partial charge in [0.2, 0.25) is 5.78 Å². The number of fused-ring (bicyclic) bond motifs is 2. The van der Waals surface area contributed by atoms with Crippen LogP contribution < -0.4 is 0 Å². The monoisotopic (exact) mass is 247 g/mol. The maximum Gasteiger partial charge on any atom is 0.202 e. The minimum Gasteiger partial charge on any atom is -0.302 e. The fourth-order valence-electron chi connectivity index (χ4n) is 2.44. The minimum atomic E-state index is -0.278. The number of ketones is 1. The maximum absolute atomic E-state index is 11.4. The molecular weight excluding hydrogens is 234 g/mol. The van der Waals surface area contributed by atoms with Crippen molar-refractivity contribution in [3.63, 3.8) is 0 Å². The quantitative estimate of drug-likeness (QED) is 0.536. The minimum absolute atomic E-state index is 0. The van der Waals surface area contributed by atoms with Crippen LogP contribution in [0.2, 0.25) is 0 Å². The van der Waals surface area contributed by atoms with E-state index in [0.29, 0.717) is 6.29 Å². The van der Waals surface area contributed by atoms with Crippen LogP contribution in [0.25, 0.3) is 0 Å². The zero-order chi connectivity index (χ0) is 8.60. The van der Waals surface area contributed by atoms with Gasteiger partial charge in [0.1, 0.15) is 0 Å². The van der Waals surface area contributed by atoms with Crippen LogP contribution in [0.1, 0.15) is 19.3 Å². The van der Waals surface area contributed by atoms with Gasteiger partial charge < -0.3 is 4.90 Å². The predicted molar refractivity (Wildman–Crippen MR) is 54.1 cm³/mol. The highest BCUT2D eigenvalue weighted by molar-refractivity contribution is 8.93. The molecule has 0 aromatic carbocycles. The summed E-state index contributed by atoms with van der Waals surface area (Å²) >= 11 is 0. The summed E-state index contributed by atoms with van der Waals surface area (Å²) in [5, 5.41) is 0. The number of nitrogens with zero attached hydrogens (tertiary/aromatic N) is 1. The SMILES string of the molecule is Br.O=CC(=O)C12CCCN(CC1)C2. The Morgan fingerprint density at radius 1 is 1.31 bits per heavy atom. The smallest absolute Gasteiger partial charge is 0.202 e. The summed E-state index contributed by atoms with van der Waals surface area (Å²) in [6.45, 7) is 2.93. The fourth-order valence-corrected chi connectivity index (χ4v) is 2.44. The molecule has 0 radical (unpaired) electrons. The van der Waals surface area contributed by atoms with E-state index >= 15 is 0 Å². The topological polar surface area (TPSA) is 37.4 Å². The molecule has 2 atom stereocenters. The summed E-state index contributed by atoms with van der Waals surface area (Å²) in [5.41, 5.74) is -0.278. The number of piperidine rings is 1. The normalized spacial score (nSPS) is 36.5. The number of carbonyl (C=O) groups is 2. The van der Waals surface area contributed by atoms with Gasteiger partial charge in [-0.2, -0.15) is 0 Å². The van der Waals surface area contributed by atoms with E-state index in [2.05, 4.69) is 4.90 Å². The third-order valence-corrected chi connectivity index (χ3v) is 3.19. The Morgan fingerprint density at radius 3 is 2.77 bits per heavy atom. The van der Waals surface area contributed by atoms with Crippen LogP contribution >= 0.6 is 17.0 Å².